The van der Waals surface area contributed by atoms with Crippen molar-refractivity contribution in [3.8, 4) is 11.5 Å². The van der Waals surface area contributed by atoms with Crippen LogP contribution in [0.3, 0.4) is 0 Å². The summed E-state index contributed by atoms with van der Waals surface area (Å²) in [6, 6.07) is 16.3. The monoisotopic (exact) mass is 665 g/mol. The van der Waals surface area contributed by atoms with Crippen LogP contribution in [-0.4, -0.2) is 33.0 Å². The Morgan fingerprint density at radius 1 is 1.02 bits per heavy atom. The van der Waals surface area contributed by atoms with E-state index >= 15 is 0 Å². The molecule has 0 saturated heterocycles. The van der Waals surface area contributed by atoms with Gasteiger partial charge in [-0.2, -0.15) is 4.98 Å². The van der Waals surface area contributed by atoms with Gasteiger partial charge in [-0.15, -0.1) is 5.10 Å². The molecule has 0 radical (unpaired) electrons. The van der Waals surface area contributed by atoms with E-state index in [0.717, 1.165) is 41.0 Å². The van der Waals surface area contributed by atoms with E-state index < -0.39 is 6.04 Å². The zero-order valence-electron chi connectivity index (χ0n) is 26.0. The molecule has 1 unspecified atom stereocenters. The molecule has 1 aromatic heterocycles. The van der Waals surface area contributed by atoms with Gasteiger partial charge in [0.25, 0.3) is 5.91 Å². The Labute approximate surface area is 278 Å². The van der Waals surface area contributed by atoms with E-state index in [1.807, 2.05) is 64.1 Å². The maximum Gasteiger partial charge on any atom is 0.255 e. The number of nitrogens with one attached hydrogen (secondary N) is 2. The molecule has 4 aromatic rings. The molecule has 0 aliphatic carbocycles. The van der Waals surface area contributed by atoms with Gasteiger partial charge >= 0.3 is 0 Å². The summed E-state index contributed by atoms with van der Waals surface area (Å²) in [4.78, 5) is 18.9. The van der Waals surface area contributed by atoms with E-state index in [-0.39, 0.29) is 12.5 Å². The minimum atomic E-state index is -0.578. The molecule has 2 heterocycles. The number of unbranched alkanes of at least 4 members (excludes halogenated alkanes) is 1. The Hall–Kier alpha value is -3.66. The first-order chi connectivity index (χ1) is 21.7. The number of rotatable bonds is 12. The molecule has 45 heavy (non-hydrogen) atoms. The molecule has 236 valence electrons. The van der Waals surface area contributed by atoms with Gasteiger partial charge in [-0.05, 0) is 81.1 Å². The lowest BCUT2D eigenvalue weighted by molar-refractivity contribution is -0.113. The summed E-state index contributed by atoms with van der Waals surface area (Å²) in [6.45, 7) is 10.6. The van der Waals surface area contributed by atoms with Crippen LogP contribution in [0.1, 0.15) is 61.9 Å². The summed E-state index contributed by atoms with van der Waals surface area (Å²) < 4.78 is 14.0. The first-order valence-corrected chi connectivity index (χ1v) is 16.7. The van der Waals surface area contributed by atoms with Gasteiger partial charge in [-0.25, -0.2) is 4.68 Å². The van der Waals surface area contributed by atoms with Crippen molar-refractivity contribution in [3.63, 3.8) is 0 Å². The predicted molar refractivity (Wildman–Crippen MR) is 183 cm³/mol. The predicted octanol–water partition coefficient (Wildman–Crippen LogP) is 9.00. The fourth-order valence-electron chi connectivity index (χ4n) is 5.08. The van der Waals surface area contributed by atoms with Crippen molar-refractivity contribution in [2.75, 3.05) is 23.0 Å². The number of hydrogen-bond acceptors (Lipinski definition) is 7. The van der Waals surface area contributed by atoms with E-state index in [1.165, 1.54) is 0 Å². The lowest BCUT2D eigenvalue weighted by Crippen LogP contribution is -2.31. The lowest BCUT2D eigenvalue weighted by Gasteiger charge is -2.29. The molecular weight excluding hydrogens is 629 g/mol. The second-order valence-electron chi connectivity index (χ2n) is 10.8. The number of anilines is 2. The highest BCUT2D eigenvalue weighted by atomic mass is 35.5. The van der Waals surface area contributed by atoms with Crippen molar-refractivity contribution in [3.05, 3.63) is 98.2 Å². The van der Waals surface area contributed by atoms with Gasteiger partial charge in [0.15, 0.2) is 11.5 Å². The van der Waals surface area contributed by atoms with Gasteiger partial charge in [-0.1, -0.05) is 72.6 Å². The molecule has 0 bridgehead atoms. The molecule has 11 heteroatoms. The number of allylic oxidation sites excluding steroid dienone is 1. The van der Waals surface area contributed by atoms with Crippen LogP contribution in [0, 0.1) is 13.8 Å². The number of aromatic nitrogens is 3. The maximum atomic E-state index is 14.1. The highest BCUT2D eigenvalue weighted by Gasteiger charge is 2.35. The summed E-state index contributed by atoms with van der Waals surface area (Å²) in [5.74, 6) is 2.32. The summed E-state index contributed by atoms with van der Waals surface area (Å²) >= 11 is 14.4. The highest BCUT2D eigenvalue weighted by molar-refractivity contribution is 7.99. The van der Waals surface area contributed by atoms with Crippen molar-refractivity contribution < 1.29 is 14.3 Å². The van der Waals surface area contributed by atoms with Crippen LogP contribution < -0.4 is 20.1 Å². The molecule has 1 atom stereocenters. The lowest BCUT2D eigenvalue weighted by atomic mass is 9.94. The van der Waals surface area contributed by atoms with E-state index in [4.69, 9.17) is 42.8 Å². The number of carbonyl (C=O) groups is 1. The summed E-state index contributed by atoms with van der Waals surface area (Å²) in [6.07, 6.45) is 2.15. The standard InChI is InChI=1S/C34H37Cl2N5O3S/c1-6-8-17-45-34-39-33-37-22(5)30(32(42)38-27-14-9-11-20(3)21(27)4)31(41(33)40-34)23-15-16-28(29(18-23)43-7-2)44-19-24-25(35)12-10-13-26(24)36/h9-16,18,31H,6-8,17,19H2,1-5H3,(H,38,42)(H,37,39,40). The van der Waals surface area contributed by atoms with Crippen LogP contribution in [0.15, 0.2) is 71.0 Å². The van der Waals surface area contributed by atoms with Crippen LogP contribution >= 0.6 is 35.0 Å². The van der Waals surface area contributed by atoms with Crippen molar-refractivity contribution in [1.82, 2.24) is 14.8 Å². The topological polar surface area (TPSA) is 90.3 Å². The molecule has 1 amide bonds. The quantitative estimate of drug-likeness (QED) is 0.115. The van der Waals surface area contributed by atoms with Gasteiger partial charge < -0.3 is 20.1 Å². The van der Waals surface area contributed by atoms with E-state index in [2.05, 4.69) is 17.6 Å². The number of ether oxygens (including phenoxy) is 2. The molecule has 2 N–H and O–H groups in total. The largest absolute Gasteiger partial charge is 0.490 e. The molecule has 8 nitrogen and oxygen atoms in total. The number of fused-ring (bicyclic) bond motifs is 1. The third-order valence-corrected chi connectivity index (χ3v) is 9.31. The maximum absolute atomic E-state index is 14.1. The fourth-order valence-corrected chi connectivity index (χ4v) is 6.50. The molecule has 1 aliphatic rings. The van der Waals surface area contributed by atoms with Gasteiger partial charge in [0, 0.05) is 32.7 Å². The van der Waals surface area contributed by atoms with Crippen molar-refractivity contribution in [1.29, 1.82) is 0 Å². The molecule has 5 rings (SSSR count). The van der Waals surface area contributed by atoms with Gasteiger partial charge in [-0.3, -0.25) is 4.79 Å². The summed E-state index contributed by atoms with van der Waals surface area (Å²) in [5.41, 5.74) is 5.58. The Kier molecular flexibility index (Phi) is 10.6. The minimum Gasteiger partial charge on any atom is -0.490 e. The van der Waals surface area contributed by atoms with Crippen LogP contribution in [0.4, 0.5) is 11.6 Å². The van der Waals surface area contributed by atoms with Crippen LogP contribution in [-0.2, 0) is 11.4 Å². The Morgan fingerprint density at radius 2 is 1.78 bits per heavy atom. The average molecular weight is 667 g/mol. The number of nitrogens with zero attached hydrogens (tertiary/aromatic N) is 3. The first kappa shape index (κ1) is 32.7. The number of halogens is 2. The second-order valence-corrected chi connectivity index (χ2v) is 12.6. The first-order valence-electron chi connectivity index (χ1n) is 15.0. The zero-order chi connectivity index (χ0) is 32.1. The normalized spacial score (nSPS) is 14.2. The van der Waals surface area contributed by atoms with Gasteiger partial charge in [0.1, 0.15) is 12.6 Å². The minimum absolute atomic E-state index is 0.166. The van der Waals surface area contributed by atoms with Crippen LogP contribution in [0.2, 0.25) is 10.0 Å². The van der Waals surface area contributed by atoms with Gasteiger partial charge in [0.2, 0.25) is 11.1 Å². The van der Waals surface area contributed by atoms with Crippen molar-refractivity contribution >= 4 is 52.5 Å². The molecule has 0 saturated carbocycles. The van der Waals surface area contributed by atoms with Crippen LogP contribution in [0.25, 0.3) is 0 Å². The number of carbonyl (C=O) groups excluding carboxylic acids is 1. The zero-order valence-corrected chi connectivity index (χ0v) is 28.4. The molecule has 0 fully saturated rings. The highest BCUT2D eigenvalue weighted by Crippen LogP contribution is 2.40. The molecule has 0 spiro atoms. The molecule has 3 aromatic carbocycles. The van der Waals surface area contributed by atoms with E-state index in [9.17, 15) is 4.79 Å². The molecular formula is C34H37Cl2N5O3S. The van der Waals surface area contributed by atoms with Crippen molar-refractivity contribution in [2.45, 2.75) is 65.3 Å². The second kappa shape index (κ2) is 14.6. The number of aryl methyl sites for hydroxylation is 1. The number of thioether (sulfide) groups is 1. The fraction of sp³-hybridized carbons (Fsp3) is 0.324. The van der Waals surface area contributed by atoms with E-state index in [1.54, 1.807) is 34.6 Å². The number of amides is 1. The van der Waals surface area contributed by atoms with Crippen molar-refractivity contribution in [2.24, 2.45) is 0 Å². The Morgan fingerprint density at radius 3 is 2.51 bits per heavy atom. The van der Waals surface area contributed by atoms with Gasteiger partial charge in [0.05, 0.1) is 12.2 Å². The van der Waals surface area contributed by atoms with Crippen LogP contribution in [0.5, 0.6) is 11.5 Å². The summed E-state index contributed by atoms with van der Waals surface area (Å²) in [7, 11) is 0. The number of benzene rings is 3. The average Bonchev–Trinajstić information content (AvgIpc) is 3.41. The third kappa shape index (κ3) is 7.27. The summed E-state index contributed by atoms with van der Waals surface area (Å²) in [5, 5.41) is 13.0. The number of hydrogen-bond donors (Lipinski definition) is 2. The Balaban J connectivity index is 1.54. The third-order valence-electron chi connectivity index (χ3n) is 7.68. The smallest absolute Gasteiger partial charge is 0.255 e. The molecule has 1 aliphatic heterocycles. The van der Waals surface area contributed by atoms with E-state index in [0.29, 0.717) is 56.1 Å². The Bertz CT molecular complexity index is 1720. The SMILES string of the molecule is CCCCSc1nc2n(n1)C(c1ccc(OCc3c(Cl)cccc3Cl)c(OCC)c1)C(C(=O)Nc1cccc(C)c1C)=C(C)N2.